The van der Waals surface area contributed by atoms with E-state index in [-0.39, 0.29) is 4.90 Å². The molecule has 0 aliphatic rings. The van der Waals surface area contributed by atoms with Crippen LogP contribution in [0.1, 0.15) is 6.92 Å². The zero-order chi connectivity index (χ0) is 13.9. The van der Waals surface area contributed by atoms with Crippen LogP contribution in [0.2, 0.25) is 0 Å². The molecule has 1 aromatic heterocycles. The molecule has 0 radical (unpaired) electrons. The Morgan fingerprint density at radius 3 is 2.89 bits per heavy atom. The highest BCUT2D eigenvalue weighted by molar-refractivity contribution is 8.01. The Hall–Kier alpha value is -1.16. The van der Waals surface area contributed by atoms with Gasteiger partial charge in [-0.15, -0.1) is 10.2 Å². The van der Waals surface area contributed by atoms with E-state index < -0.39 is 10.0 Å². The summed E-state index contributed by atoms with van der Waals surface area (Å²) >= 11 is 2.67. The third-order valence-corrected chi connectivity index (χ3v) is 5.56. The first-order chi connectivity index (χ1) is 9.03. The topological polar surface area (TPSA) is 98.0 Å². The van der Waals surface area contributed by atoms with Crippen LogP contribution in [-0.4, -0.2) is 25.2 Å². The van der Waals surface area contributed by atoms with Gasteiger partial charge in [-0.3, -0.25) is 0 Å². The first-order valence-electron chi connectivity index (χ1n) is 5.36. The lowest BCUT2D eigenvalue weighted by atomic mass is 10.3. The number of nitrogen functional groups attached to an aromatic ring is 1. The van der Waals surface area contributed by atoms with Gasteiger partial charge in [0, 0.05) is 17.1 Å². The molecule has 1 aromatic carbocycles. The minimum absolute atomic E-state index is 0.190. The van der Waals surface area contributed by atoms with Crippen LogP contribution in [-0.2, 0) is 10.0 Å². The van der Waals surface area contributed by atoms with E-state index in [2.05, 4.69) is 14.9 Å². The van der Waals surface area contributed by atoms with Crippen LogP contribution in [0.5, 0.6) is 0 Å². The number of hydrogen-bond donors (Lipinski definition) is 2. The van der Waals surface area contributed by atoms with E-state index in [1.807, 2.05) is 0 Å². The van der Waals surface area contributed by atoms with E-state index in [1.54, 1.807) is 24.6 Å². The molecule has 0 bridgehead atoms. The van der Waals surface area contributed by atoms with Gasteiger partial charge in [-0.25, -0.2) is 13.1 Å². The molecule has 3 N–H and O–H groups in total. The summed E-state index contributed by atoms with van der Waals surface area (Å²) in [6.45, 7) is 2.07. The van der Waals surface area contributed by atoms with Crippen molar-refractivity contribution in [3.8, 4) is 0 Å². The molecular weight excluding hydrogens is 304 g/mol. The summed E-state index contributed by atoms with van der Waals surface area (Å²) in [6, 6.07) is 4.60. The maximum atomic E-state index is 11.9. The predicted molar refractivity (Wildman–Crippen MR) is 75.7 cm³/mol. The lowest BCUT2D eigenvalue weighted by Crippen LogP contribution is -2.23. The second kappa shape index (κ2) is 5.87. The van der Waals surface area contributed by atoms with Crippen molar-refractivity contribution in [3.05, 3.63) is 23.7 Å². The minimum atomic E-state index is -3.48. The molecule has 1 heterocycles. The third-order valence-electron chi connectivity index (χ3n) is 2.17. The number of nitrogens with two attached hydrogens (primary N) is 1. The molecule has 19 heavy (non-hydrogen) atoms. The molecule has 2 rings (SSSR count). The molecule has 0 fully saturated rings. The molecule has 9 heteroatoms. The Labute approximate surface area is 119 Å². The highest BCUT2D eigenvalue weighted by Gasteiger charge is 2.15. The lowest BCUT2D eigenvalue weighted by molar-refractivity contribution is 0.583. The van der Waals surface area contributed by atoms with Crippen molar-refractivity contribution in [1.29, 1.82) is 0 Å². The highest BCUT2D eigenvalue weighted by atomic mass is 32.2. The second-order valence-corrected chi connectivity index (χ2v) is 7.40. The quantitative estimate of drug-likeness (QED) is 0.813. The van der Waals surface area contributed by atoms with Crippen molar-refractivity contribution < 1.29 is 8.42 Å². The van der Waals surface area contributed by atoms with Gasteiger partial charge in [0.2, 0.25) is 10.0 Å². The van der Waals surface area contributed by atoms with E-state index in [1.165, 1.54) is 29.2 Å². The van der Waals surface area contributed by atoms with Gasteiger partial charge in [0.15, 0.2) is 4.34 Å². The Morgan fingerprint density at radius 1 is 1.47 bits per heavy atom. The first kappa shape index (κ1) is 14.3. The van der Waals surface area contributed by atoms with E-state index in [4.69, 9.17) is 5.73 Å². The number of nitrogens with one attached hydrogen (secondary N) is 1. The first-order valence-corrected chi connectivity index (χ1v) is 8.54. The van der Waals surface area contributed by atoms with E-state index in [0.717, 1.165) is 0 Å². The molecular formula is C10H12N4O2S3. The van der Waals surface area contributed by atoms with Gasteiger partial charge in [-0.2, -0.15) is 0 Å². The number of anilines is 1. The molecule has 0 saturated heterocycles. The summed E-state index contributed by atoms with van der Waals surface area (Å²) in [6.07, 6.45) is 0. The second-order valence-electron chi connectivity index (χ2n) is 3.51. The molecule has 0 saturated carbocycles. The molecule has 0 amide bonds. The van der Waals surface area contributed by atoms with Crippen molar-refractivity contribution in [1.82, 2.24) is 14.9 Å². The van der Waals surface area contributed by atoms with Gasteiger partial charge < -0.3 is 5.73 Å². The van der Waals surface area contributed by atoms with Crippen molar-refractivity contribution in [2.24, 2.45) is 0 Å². The van der Waals surface area contributed by atoms with Gasteiger partial charge >= 0.3 is 0 Å². The Kier molecular flexibility index (Phi) is 4.40. The zero-order valence-electron chi connectivity index (χ0n) is 10.0. The van der Waals surface area contributed by atoms with Gasteiger partial charge in [-0.05, 0) is 18.2 Å². The number of hydrogen-bond acceptors (Lipinski definition) is 7. The molecule has 0 aliphatic carbocycles. The lowest BCUT2D eigenvalue weighted by Gasteiger charge is -2.08. The van der Waals surface area contributed by atoms with E-state index in [0.29, 0.717) is 21.5 Å². The van der Waals surface area contributed by atoms with Crippen LogP contribution in [0, 0.1) is 0 Å². The summed E-state index contributed by atoms with van der Waals surface area (Å²) in [5.74, 6) is 0. The van der Waals surface area contributed by atoms with Crippen LogP contribution in [0.15, 0.2) is 37.8 Å². The SMILES string of the molecule is CCNS(=O)(=O)c1ccc(N)c(Sc2nncs2)c1. The van der Waals surface area contributed by atoms with Crippen LogP contribution < -0.4 is 10.5 Å². The fraction of sp³-hybridized carbons (Fsp3) is 0.200. The molecule has 0 unspecified atom stereocenters. The third kappa shape index (κ3) is 3.44. The number of rotatable bonds is 5. The number of nitrogens with zero attached hydrogens (tertiary/aromatic N) is 2. The fourth-order valence-electron chi connectivity index (χ4n) is 1.35. The van der Waals surface area contributed by atoms with Crippen LogP contribution in [0.4, 0.5) is 5.69 Å². The minimum Gasteiger partial charge on any atom is -0.398 e. The van der Waals surface area contributed by atoms with Crippen molar-refractivity contribution in [3.63, 3.8) is 0 Å². The van der Waals surface area contributed by atoms with E-state index >= 15 is 0 Å². The number of aromatic nitrogens is 2. The van der Waals surface area contributed by atoms with E-state index in [9.17, 15) is 8.42 Å². The average Bonchev–Trinajstić information content (AvgIpc) is 2.84. The average molecular weight is 316 g/mol. The van der Waals surface area contributed by atoms with Gasteiger partial charge in [0.05, 0.1) is 4.90 Å². The Balaban J connectivity index is 2.35. The maximum absolute atomic E-state index is 11.9. The largest absolute Gasteiger partial charge is 0.398 e. The summed E-state index contributed by atoms with van der Waals surface area (Å²) < 4.78 is 27.0. The summed E-state index contributed by atoms with van der Waals surface area (Å²) in [4.78, 5) is 0.839. The number of sulfonamides is 1. The normalized spacial score (nSPS) is 11.6. The van der Waals surface area contributed by atoms with Crippen molar-refractivity contribution >= 4 is 38.8 Å². The summed E-state index contributed by atoms with van der Waals surface area (Å²) in [5.41, 5.74) is 7.96. The zero-order valence-corrected chi connectivity index (χ0v) is 12.5. The highest BCUT2D eigenvalue weighted by Crippen LogP contribution is 2.34. The smallest absolute Gasteiger partial charge is 0.240 e. The van der Waals surface area contributed by atoms with Gasteiger partial charge in [-0.1, -0.05) is 30.0 Å². The summed E-state index contributed by atoms with van der Waals surface area (Å²) in [7, 11) is -3.48. The maximum Gasteiger partial charge on any atom is 0.240 e. The number of benzene rings is 1. The molecule has 2 aromatic rings. The van der Waals surface area contributed by atoms with Crippen molar-refractivity contribution in [2.45, 2.75) is 21.1 Å². The predicted octanol–water partition coefficient (Wildman–Crippen LogP) is 1.57. The van der Waals surface area contributed by atoms with Crippen LogP contribution in [0.3, 0.4) is 0 Å². The molecule has 0 atom stereocenters. The summed E-state index contributed by atoms with van der Waals surface area (Å²) in [5, 5.41) is 7.62. The molecule has 0 aliphatic heterocycles. The standard InChI is InChI=1S/C10H12N4O2S3/c1-2-13-19(15,16)7-3-4-8(11)9(5-7)18-10-14-12-6-17-10/h3-6,13H,2,11H2,1H3. The van der Waals surface area contributed by atoms with Gasteiger partial charge in [0.1, 0.15) is 5.51 Å². The van der Waals surface area contributed by atoms with Crippen molar-refractivity contribution in [2.75, 3.05) is 12.3 Å². The molecule has 102 valence electrons. The molecule has 6 nitrogen and oxygen atoms in total. The monoisotopic (exact) mass is 316 g/mol. The fourth-order valence-corrected chi connectivity index (χ4v) is 4.00. The Morgan fingerprint density at radius 2 is 2.26 bits per heavy atom. The van der Waals surface area contributed by atoms with Crippen LogP contribution in [0.25, 0.3) is 0 Å². The van der Waals surface area contributed by atoms with Crippen LogP contribution >= 0.6 is 23.1 Å². The molecule has 0 spiro atoms. The Bertz CT molecular complexity index is 655. The van der Waals surface area contributed by atoms with Gasteiger partial charge in [0.25, 0.3) is 0 Å².